The van der Waals surface area contributed by atoms with Crippen LogP contribution in [0.3, 0.4) is 0 Å². The van der Waals surface area contributed by atoms with Gasteiger partial charge in [-0.3, -0.25) is 0 Å². The van der Waals surface area contributed by atoms with E-state index >= 15 is 0 Å². The van der Waals surface area contributed by atoms with Crippen LogP contribution >= 0.6 is 0 Å². The molecule has 0 N–H and O–H groups in total. The second kappa shape index (κ2) is 3.84. The average molecular weight is 257 g/mol. The first-order chi connectivity index (χ1) is 5.90. The number of carbonyl (C=O) groups is 1. The summed E-state index contributed by atoms with van der Waals surface area (Å²) < 4.78 is 36.4. The standard InChI is InChI=1S/C8H9F3OSe/c1-5-6(12)3-2-4-7(5)13-8(9,10)11/h2-4H2,1H3. The third kappa shape index (κ3) is 3.16. The van der Waals surface area contributed by atoms with Crippen molar-refractivity contribution < 1.29 is 18.0 Å². The van der Waals surface area contributed by atoms with E-state index in [2.05, 4.69) is 0 Å². The zero-order valence-electron chi connectivity index (χ0n) is 7.07. The van der Waals surface area contributed by atoms with Crippen LogP contribution in [0.2, 0.25) is 0 Å². The predicted octanol–water partition coefficient (Wildman–Crippen LogP) is 2.24. The topological polar surface area (TPSA) is 17.1 Å². The Hall–Kier alpha value is -0.281. The van der Waals surface area contributed by atoms with E-state index < -0.39 is 20.0 Å². The molecule has 0 radical (unpaired) electrons. The molecule has 13 heavy (non-hydrogen) atoms. The fraction of sp³-hybridized carbons (Fsp3) is 0.625. The minimum absolute atomic E-state index is 0.118. The summed E-state index contributed by atoms with van der Waals surface area (Å²) in [5.74, 6) is -0.118. The SMILES string of the molecule is CC1=C([Se]C(F)(F)F)CCCC1=O. The van der Waals surface area contributed by atoms with Crippen LogP contribution in [-0.4, -0.2) is 25.8 Å². The van der Waals surface area contributed by atoms with E-state index in [1.165, 1.54) is 6.92 Å². The molecule has 0 saturated heterocycles. The number of hydrogen-bond acceptors (Lipinski definition) is 1. The molecule has 0 aliphatic heterocycles. The minimum atomic E-state index is -4.12. The van der Waals surface area contributed by atoms with Gasteiger partial charge in [-0.25, -0.2) is 0 Å². The summed E-state index contributed by atoms with van der Waals surface area (Å²) in [5.41, 5.74) is 0.351. The predicted molar refractivity (Wildman–Crippen MR) is 43.4 cm³/mol. The number of hydrogen-bond donors (Lipinski definition) is 0. The molecule has 0 spiro atoms. The maximum atomic E-state index is 12.0. The van der Waals surface area contributed by atoms with Crippen molar-refractivity contribution in [1.82, 2.24) is 0 Å². The fourth-order valence-corrected chi connectivity index (χ4v) is 2.87. The van der Waals surface area contributed by atoms with Crippen molar-refractivity contribution in [2.75, 3.05) is 0 Å². The first-order valence-electron chi connectivity index (χ1n) is 3.89. The van der Waals surface area contributed by atoms with Crippen LogP contribution in [-0.2, 0) is 4.79 Å². The molecule has 0 saturated carbocycles. The van der Waals surface area contributed by atoms with Gasteiger partial charge < -0.3 is 0 Å². The molecule has 0 unspecified atom stereocenters. The van der Waals surface area contributed by atoms with Gasteiger partial charge in [0.15, 0.2) is 0 Å². The summed E-state index contributed by atoms with van der Waals surface area (Å²) in [5, 5.41) is -4.12. The molecular weight excluding hydrogens is 248 g/mol. The Morgan fingerprint density at radius 3 is 2.46 bits per heavy atom. The van der Waals surface area contributed by atoms with E-state index in [-0.39, 0.29) is 5.78 Å². The van der Waals surface area contributed by atoms with Gasteiger partial charge in [0.1, 0.15) is 0 Å². The molecule has 74 valence electrons. The van der Waals surface area contributed by atoms with E-state index in [9.17, 15) is 18.0 Å². The Morgan fingerprint density at radius 2 is 1.92 bits per heavy atom. The van der Waals surface area contributed by atoms with Gasteiger partial charge >= 0.3 is 80.0 Å². The molecule has 0 bridgehead atoms. The summed E-state index contributed by atoms with van der Waals surface area (Å²) in [4.78, 5) is 11.1. The number of Topliss-reactive ketones (excluding diaryl/α,β-unsaturated/α-hetero) is 1. The Bertz CT molecular complexity index is 255. The van der Waals surface area contributed by atoms with Gasteiger partial charge in [0.25, 0.3) is 0 Å². The molecule has 0 atom stereocenters. The number of carbonyl (C=O) groups excluding carboxylic acids is 1. The van der Waals surface area contributed by atoms with Crippen LogP contribution in [0.15, 0.2) is 10.0 Å². The van der Waals surface area contributed by atoms with Gasteiger partial charge in [0.2, 0.25) is 0 Å². The third-order valence-corrected chi connectivity index (χ3v) is 3.96. The summed E-state index contributed by atoms with van der Waals surface area (Å²) in [6, 6.07) is 0. The van der Waals surface area contributed by atoms with Crippen molar-refractivity contribution in [3.8, 4) is 0 Å². The van der Waals surface area contributed by atoms with E-state index in [1.54, 1.807) is 0 Å². The van der Waals surface area contributed by atoms with Crippen LogP contribution in [0.25, 0.3) is 0 Å². The molecule has 1 aliphatic carbocycles. The van der Waals surface area contributed by atoms with Gasteiger partial charge in [0, 0.05) is 0 Å². The number of halogens is 3. The maximum absolute atomic E-state index is 12.0. The van der Waals surface area contributed by atoms with Gasteiger partial charge in [0.05, 0.1) is 0 Å². The summed E-state index contributed by atoms with van der Waals surface area (Å²) in [6.07, 6.45) is 1.42. The molecule has 0 heterocycles. The Morgan fingerprint density at radius 1 is 1.31 bits per heavy atom. The molecule has 0 aromatic rings. The van der Waals surface area contributed by atoms with Crippen molar-refractivity contribution in [1.29, 1.82) is 0 Å². The Kier molecular flexibility index (Phi) is 3.19. The van der Waals surface area contributed by atoms with Crippen LogP contribution in [0.5, 0.6) is 0 Å². The zero-order valence-corrected chi connectivity index (χ0v) is 8.78. The fourth-order valence-electron chi connectivity index (χ4n) is 1.21. The molecule has 0 fully saturated rings. The molecule has 5 heteroatoms. The van der Waals surface area contributed by atoms with E-state index in [1.807, 2.05) is 0 Å². The van der Waals surface area contributed by atoms with Crippen molar-refractivity contribution >= 4 is 20.7 Å². The summed E-state index contributed by atoms with van der Waals surface area (Å²) >= 11 is -1.51. The normalized spacial score (nSPS) is 19.5. The zero-order chi connectivity index (χ0) is 10.1. The van der Waals surface area contributed by atoms with E-state index in [0.717, 1.165) is 0 Å². The Labute approximate surface area is 80.5 Å². The molecule has 0 amide bonds. The van der Waals surface area contributed by atoms with Crippen LogP contribution in [0, 0.1) is 0 Å². The number of allylic oxidation sites excluding steroid dienone is 2. The Balaban J connectivity index is 2.78. The monoisotopic (exact) mass is 258 g/mol. The van der Waals surface area contributed by atoms with Crippen molar-refractivity contribution in [2.45, 2.75) is 31.3 Å². The summed E-state index contributed by atoms with van der Waals surface area (Å²) in [7, 11) is 0. The second-order valence-electron chi connectivity index (χ2n) is 2.87. The van der Waals surface area contributed by atoms with E-state index in [4.69, 9.17) is 0 Å². The number of rotatable bonds is 1. The second-order valence-corrected chi connectivity index (χ2v) is 5.31. The first kappa shape index (κ1) is 10.8. The first-order valence-corrected chi connectivity index (χ1v) is 5.60. The number of ketones is 1. The average Bonchev–Trinajstić information content (AvgIpc) is 1.96. The third-order valence-electron chi connectivity index (χ3n) is 1.88. The van der Waals surface area contributed by atoms with Gasteiger partial charge in [-0.1, -0.05) is 0 Å². The molecule has 0 aromatic heterocycles. The molecule has 1 rings (SSSR count). The van der Waals surface area contributed by atoms with E-state index in [0.29, 0.717) is 29.3 Å². The van der Waals surface area contributed by atoms with Gasteiger partial charge in [-0.15, -0.1) is 0 Å². The van der Waals surface area contributed by atoms with Crippen LogP contribution < -0.4 is 0 Å². The molecule has 1 aliphatic rings. The van der Waals surface area contributed by atoms with Crippen molar-refractivity contribution in [3.63, 3.8) is 0 Å². The van der Waals surface area contributed by atoms with Gasteiger partial charge in [-0.05, 0) is 0 Å². The van der Waals surface area contributed by atoms with Crippen LogP contribution in [0.1, 0.15) is 26.2 Å². The van der Waals surface area contributed by atoms with Gasteiger partial charge in [-0.2, -0.15) is 0 Å². The van der Waals surface area contributed by atoms with Crippen LogP contribution in [0.4, 0.5) is 13.2 Å². The van der Waals surface area contributed by atoms with Crippen molar-refractivity contribution in [2.24, 2.45) is 0 Å². The molecule has 1 nitrogen and oxygen atoms in total. The molecular formula is C8H9F3OSe. The molecule has 0 aromatic carbocycles. The summed E-state index contributed by atoms with van der Waals surface area (Å²) in [6.45, 7) is 1.50. The quantitative estimate of drug-likeness (QED) is 0.658. The number of alkyl halides is 3. The van der Waals surface area contributed by atoms with Crippen molar-refractivity contribution in [3.05, 3.63) is 10.0 Å².